The molecule has 8 heteroatoms. The molecule has 6 nitrogen and oxygen atoms in total. The average molecular weight is 328 g/mol. The number of likely N-dealkylation sites (N-methyl/N-ethyl adjacent to an activating group) is 1. The fraction of sp³-hybridized carbons (Fsp3) is 0.308. The van der Waals surface area contributed by atoms with Crippen LogP contribution in [0.15, 0.2) is 34.7 Å². The van der Waals surface area contributed by atoms with E-state index >= 15 is 0 Å². The van der Waals surface area contributed by atoms with Gasteiger partial charge >= 0.3 is 5.97 Å². The lowest BCUT2D eigenvalue weighted by Gasteiger charge is -2.15. The highest BCUT2D eigenvalue weighted by Gasteiger charge is 2.24. The summed E-state index contributed by atoms with van der Waals surface area (Å²) in [6.45, 7) is 0.347. The van der Waals surface area contributed by atoms with Crippen molar-refractivity contribution in [3.8, 4) is 0 Å². The Morgan fingerprint density at radius 2 is 2.19 bits per heavy atom. The molecule has 2 aromatic rings. The number of aromatic nitrogens is 1. The highest BCUT2D eigenvalue weighted by Crippen LogP contribution is 2.18. The summed E-state index contributed by atoms with van der Waals surface area (Å²) in [4.78, 5) is 12.1. The van der Waals surface area contributed by atoms with E-state index in [0.29, 0.717) is 13.0 Å². The van der Waals surface area contributed by atoms with Crippen molar-refractivity contribution in [1.82, 2.24) is 8.87 Å². The van der Waals surface area contributed by atoms with Gasteiger partial charge in [0.05, 0.1) is 0 Å². The Hall–Kier alpha value is -1.64. The third-order valence-electron chi connectivity index (χ3n) is 3.16. The van der Waals surface area contributed by atoms with Gasteiger partial charge in [-0.3, -0.25) is 0 Å². The number of sulfonamides is 1. The predicted octanol–water partition coefficient (Wildman–Crippen LogP) is 1.65. The van der Waals surface area contributed by atoms with Crippen molar-refractivity contribution >= 4 is 27.3 Å². The van der Waals surface area contributed by atoms with E-state index in [1.54, 1.807) is 11.3 Å². The molecular formula is C13H16N2O4S2. The third kappa shape index (κ3) is 3.34. The predicted molar refractivity (Wildman–Crippen MR) is 80.2 cm³/mol. The third-order valence-corrected chi connectivity index (χ3v) is 5.92. The molecule has 21 heavy (non-hydrogen) atoms. The minimum absolute atomic E-state index is 0.00363. The van der Waals surface area contributed by atoms with Gasteiger partial charge in [-0.25, -0.2) is 17.5 Å². The lowest BCUT2D eigenvalue weighted by Crippen LogP contribution is -2.28. The van der Waals surface area contributed by atoms with Gasteiger partial charge in [0.25, 0.3) is 0 Å². The summed E-state index contributed by atoms with van der Waals surface area (Å²) in [5.41, 5.74) is -0.0553. The maximum absolute atomic E-state index is 12.4. The molecule has 0 saturated heterocycles. The van der Waals surface area contributed by atoms with Crippen molar-refractivity contribution < 1.29 is 18.3 Å². The molecule has 0 spiro atoms. The minimum Gasteiger partial charge on any atom is -0.477 e. The van der Waals surface area contributed by atoms with E-state index < -0.39 is 16.0 Å². The van der Waals surface area contributed by atoms with E-state index in [2.05, 4.69) is 0 Å². The van der Waals surface area contributed by atoms with Gasteiger partial charge in [-0.05, 0) is 23.9 Å². The fourth-order valence-corrected chi connectivity index (χ4v) is 3.85. The number of aromatic carboxylic acids is 1. The Balaban J connectivity index is 2.16. The molecule has 2 aromatic heterocycles. The molecule has 0 atom stereocenters. The van der Waals surface area contributed by atoms with E-state index in [-0.39, 0.29) is 10.6 Å². The second kappa shape index (κ2) is 6.00. The van der Waals surface area contributed by atoms with Gasteiger partial charge < -0.3 is 9.67 Å². The first-order valence-corrected chi connectivity index (χ1v) is 8.52. The molecule has 0 amide bonds. The van der Waals surface area contributed by atoms with Crippen LogP contribution in [-0.4, -0.2) is 42.0 Å². The first kappa shape index (κ1) is 15.7. The van der Waals surface area contributed by atoms with Crippen LogP contribution in [-0.2, 0) is 23.5 Å². The molecule has 1 N–H and O–H groups in total. The maximum Gasteiger partial charge on any atom is 0.352 e. The minimum atomic E-state index is -3.67. The van der Waals surface area contributed by atoms with Crippen molar-refractivity contribution in [1.29, 1.82) is 0 Å². The van der Waals surface area contributed by atoms with Gasteiger partial charge in [0.15, 0.2) is 0 Å². The number of rotatable bonds is 6. The fourth-order valence-electron chi connectivity index (χ4n) is 1.91. The quantitative estimate of drug-likeness (QED) is 0.874. The van der Waals surface area contributed by atoms with E-state index in [9.17, 15) is 13.2 Å². The summed E-state index contributed by atoms with van der Waals surface area (Å²) in [6.07, 6.45) is 1.95. The maximum atomic E-state index is 12.4. The van der Waals surface area contributed by atoms with Gasteiger partial charge in [-0.15, -0.1) is 11.3 Å². The smallest absolute Gasteiger partial charge is 0.352 e. The van der Waals surface area contributed by atoms with Gasteiger partial charge in [0.2, 0.25) is 10.0 Å². The molecular weight excluding hydrogens is 312 g/mol. The Morgan fingerprint density at radius 3 is 2.71 bits per heavy atom. The number of thiophene rings is 1. The standard InChI is InChI=1S/C13H16N2O4S2/c1-14-9-11(8-12(14)13(16)17)21(18,19)15(2)6-5-10-4-3-7-20-10/h3-4,7-9H,5-6H2,1-2H3,(H,16,17). The second-order valence-electron chi connectivity index (χ2n) is 4.63. The summed E-state index contributed by atoms with van der Waals surface area (Å²) < 4.78 is 27.3. The molecule has 0 unspecified atom stereocenters. The molecule has 114 valence electrons. The van der Waals surface area contributed by atoms with Gasteiger partial charge in [-0.2, -0.15) is 0 Å². The number of aryl methyl sites for hydroxylation is 1. The van der Waals surface area contributed by atoms with Crippen molar-refractivity contribution in [2.45, 2.75) is 11.3 Å². The lowest BCUT2D eigenvalue weighted by molar-refractivity contribution is 0.0686. The van der Waals surface area contributed by atoms with Crippen LogP contribution < -0.4 is 0 Å². The molecule has 0 aliphatic heterocycles. The number of hydrogen-bond donors (Lipinski definition) is 1. The molecule has 0 aromatic carbocycles. The normalized spacial score (nSPS) is 12.0. The Bertz CT molecular complexity index is 732. The zero-order chi connectivity index (χ0) is 15.6. The monoisotopic (exact) mass is 328 g/mol. The van der Waals surface area contributed by atoms with E-state index in [4.69, 9.17) is 5.11 Å². The molecule has 0 aliphatic carbocycles. The van der Waals surface area contributed by atoms with Crippen molar-refractivity contribution in [2.24, 2.45) is 7.05 Å². The second-order valence-corrected chi connectivity index (χ2v) is 7.71. The number of carbonyl (C=O) groups is 1. The summed E-state index contributed by atoms with van der Waals surface area (Å²) >= 11 is 1.58. The van der Waals surface area contributed by atoms with E-state index in [1.807, 2.05) is 17.5 Å². The molecule has 0 aliphatic rings. The van der Waals surface area contributed by atoms with Gasteiger partial charge in [0.1, 0.15) is 10.6 Å². The molecule has 0 saturated carbocycles. The SMILES string of the molecule is CN(CCc1cccs1)S(=O)(=O)c1cc(C(=O)O)n(C)c1. The van der Waals surface area contributed by atoms with E-state index in [0.717, 1.165) is 4.88 Å². The van der Waals surface area contributed by atoms with Crippen molar-refractivity contribution in [3.63, 3.8) is 0 Å². The first-order valence-electron chi connectivity index (χ1n) is 6.20. The number of nitrogens with zero attached hydrogens (tertiary/aromatic N) is 2. The Labute approximate surface area is 127 Å². The van der Waals surface area contributed by atoms with Crippen molar-refractivity contribution in [2.75, 3.05) is 13.6 Å². The summed E-state index contributed by atoms with van der Waals surface area (Å²) in [7, 11) is -0.669. The van der Waals surface area contributed by atoms with E-state index in [1.165, 1.54) is 35.2 Å². The van der Waals surface area contributed by atoms with Crippen molar-refractivity contribution in [3.05, 3.63) is 40.3 Å². The molecule has 2 heterocycles. The van der Waals surface area contributed by atoms with Crippen LogP contribution in [0.25, 0.3) is 0 Å². The summed E-state index contributed by atoms with van der Waals surface area (Å²) in [6, 6.07) is 5.06. The van der Waals surface area contributed by atoms with Crippen LogP contribution in [0.4, 0.5) is 0 Å². The topological polar surface area (TPSA) is 79.6 Å². The Morgan fingerprint density at radius 1 is 1.48 bits per heavy atom. The summed E-state index contributed by atoms with van der Waals surface area (Å²) in [5, 5.41) is 10.9. The van der Waals surface area contributed by atoms with Crippen LogP contribution in [0.1, 0.15) is 15.4 Å². The highest BCUT2D eigenvalue weighted by molar-refractivity contribution is 7.89. The zero-order valence-electron chi connectivity index (χ0n) is 11.7. The molecule has 0 bridgehead atoms. The zero-order valence-corrected chi connectivity index (χ0v) is 13.3. The number of hydrogen-bond acceptors (Lipinski definition) is 4. The molecule has 0 fully saturated rings. The largest absolute Gasteiger partial charge is 0.477 e. The van der Waals surface area contributed by atoms with Crippen LogP contribution in [0.2, 0.25) is 0 Å². The van der Waals surface area contributed by atoms with Crippen LogP contribution >= 0.6 is 11.3 Å². The molecule has 2 rings (SSSR count). The Kier molecular flexibility index (Phi) is 4.50. The summed E-state index contributed by atoms with van der Waals surface area (Å²) in [5.74, 6) is -1.15. The highest BCUT2D eigenvalue weighted by atomic mass is 32.2. The van der Waals surface area contributed by atoms with Crippen LogP contribution in [0, 0.1) is 0 Å². The van der Waals surface area contributed by atoms with Crippen LogP contribution in [0.5, 0.6) is 0 Å². The van der Waals surface area contributed by atoms with Gasteiger partial charge in [-0.1, -0.05) is 6.07 Å². The average Bonchev–Trinajstić information content (AvgIpc) is 3.04. The number of carboxylic acids is 1. The molecule has 0 radical (unpaired) electrons. The lowest BCUT2D eigenvalue weighted by atomic mass is 10.3. The first-order chi connectivity index (χ1) is 9.82. The van der Waals surface area contributed by atoms with Crippen LogP contribution in [0.3, 0.4) is 0 Å². The number of carboxylic acid groups (broad SMARTS) is 1. The van der Waals surface area contributed by atoms with Gasteiger partial charge in [0, 0.05) is 31.7 Å².